The zero-order valence-electron chi connectivity index (χ0n) is 13.9. The molecule has 6 heteroatoms. The number of nitrogens with zero attached hydrogens (tertiary/aromatic N) is 1. The summed E-state index contributed by atoms with van der Waals surface area (Å²) in [5.74, 6) is -0.535. The van der Waals surface area contributed by atoms with Gasteiger partial charge in [-0.15, -0.1) is 0 Å². The van der Waals surface area contributed by atoms with Crippen LogP contribution in [0.3, 0.4) is 0 Å². The molecule has 1 aliphatic rings. The van der Waals surface area contributed by atoms with Crippen LogP contribution in [0.15, 0.2) is 48.5 Å². The van der Waals surface area contributed by atoms with Gasteiger partial charge in [0.15, 0.2) is 0 Å². The molecular formula is C19H22FN3O2. The first-order valence-electron chi connectivity index (χ1n) is 8.43. The van der Waals surface area contributed by atoms with Gasteiger partial charge in [-0.2, -0.15) is 0 Å². The van der Waals surface area contributed by atoms with Crippen molar-refractivity contribution in [1.82, 2.24) is 0 Å². The zero-order chi connectivity index (χ0) is 17.6. The van der Waals surface area contributed by atoms with Crippen molar-refractivity contribution in [1.29, 1.82) is 0 Å². The molecule has 0 bridgehead atoms. The first-order valence-corrected chi connectivity index (χ1v) is 8.43. The van der Waals surface area contributed by atoms with Crippen LogP contribution in [0.4, 0.5) is 21.5 Å². The van der Waals surface area contributed by atoms with E-state index in [0.29, 0.717) is 5.69 Å². The van der Waals surface area contributed by atoms with Crippen molar-refractivity contribution in [2.45, 2.75) is 18.9 Å². The highest BCUT2D eigenvalue weighted by molar-refractivity contribution is 5.94. The number of hydrogen-bond donors (Lipinski definition) is 3. The second-order valence-electron chi connectivity index (χ2n) is 6.14. The van der Waals surface area contributed by atoms with Crippen molar-refractivity contribution in [2.24, 2.45) is 0 Å². The second-order valence-corrected chi connectivity index (χ2v) is 6.14. The van der Waals surface area contributed by atoms with Crippen LogP contribution in [-0.2, 0) is 4.79 Å². The molecule has 1 amide bonds. The molecule has 0 radical (unpaired) electrons. The van der Waals surface area contributed by atoms with Crippen molar-refractivity contribution >= 4 is 23.0 Å². The molecule has 2 aromatic carbocycles. The minimum atomic E-state index is -0.336. The van der Waals surface area contributed by atoms with Gasteiger partial charge in [0.05, 0.1) is 24.0 Å². The van der Waals surface area contributed by atoms with Gasteiger partial charge in [0.2, 0.25) is 5.91 Å². The SMILES string of the molecule is O=C(CNc1ccccc1N1CCC(O)CC1)Nc1ccc(F)cc1. The first kappa shape index (κ1) is 17.2. The van der Waals surface area contributed by atoms with E-state index in [9.17, 15) is 14.3 Å². The second kappa shape index (κ2) is 7.98. The van der Waals surface area contributed by atoms with Crippen molar-refractivity contribution < 1.29 is 14.3 Å². The van der Waals surface area contributed by atoms with E-state index in [2.05, 4.69) is 15.5 Å². The van der Waals surface area contributed by atoms with Crippen LogP contribution in [0.25, 0.3) is 0 Å². The third kappa shape index (κ3) is 4.70. The first-order chi connectivity index (χ1) is 12.1. The molecule has 0 spiro atoms. The maximum Gasteiger partial charge on any atom is 0.243 e. The topological polar surface area (TPSA) is 64.6 Å². The van der Waals surface area contributed by atoms with Gasteiger partial charge in [-0.3, -0.25) is 4.79 Å². The summed E-state index contributed by atoms with van der Waals surface area (Å²) in [5.41, 5.74) is 2.48. The number of amides is 1. The Bertz CT molecular complexity index is 713. The summed E-state index contributed by atoms with van der Waals surface area (Å²) >= 11 is 0. The molecule has 0 unspecified atom stereocenters. The molecule has 0 atom stereocenters. The van der Waals surface area contributed by atoms with E-state index in [-0.39, 0.29) is 24.4 Å². The summed E-state index contributed by atoms with van der Waals surface area (Å²) in [4.78, 5) is 14.3. The molecule has 3 rings (SSSR count). The maximum atomic E-state index is 12.9. The fraction of sp³-hybridized carbons (Fsp3) is 0.316. The zero-order valence-corrected chi connectivity index (χ0v) is 13.9. The number of hydrogen-bond acceptors (Lipinski definition) is 4. The molecule has 3 N–H and O–H groups in total. The number of rotatable bonds is 5. The number of aliphatic hydroxyl groups excluding tert-OH is 1. The van der Waals surface area contributed by atoms with E-state index < -0.39 is 0 Å². The average molecular weight is 343 g/mol. The minimum Gasteiger partial charge on any atom is -0.393 e. The van der Waals surface area contributed by atoms with Crippen molar-refractivity contribution in [3.8, 4) is 0 Å². The van der Waals surface area contributed by atoms with Crippen molar-refractivity contribution in [3.63, 3.8) is 0 Å². The molecule has 25 heavy (non-hydrogen) atoms. The quantitative estimate of drug-likeness (QED) is 0.781. The highest BCUT2D eigenvalue weighted by atomic mass is 19.1. The lowest BCUT2D eigenvalue weighted by atomic mass is 10.1. The van der Waals surface area contributed by atoms with E-state index in [4.69, 9.17) is 0 Å². The van der Waals surface area contributed by atoms with Gasteiger partial charge in [0, 0.05) is 18.8 Å². The number of benzene rings is 2. The van der Waals surface area contributed by atoms with Gasteiger partial charge in [0.1, 0.15) is 5.82 Å². The third-order valence-electron chi connectivity index (χ3n) is 4.28. The minimum absolute atomic E-state index is 0.116. The highest BCUT2D eigenvalue weighted by Gasteiger charge is 2.19. The lowest BCUT2D eigenvalue weighted by Gasteiger charge is -2.32. The maximum absolute atomic E-state index is 12.9. The highest BCUT2D eigenvalue weighted by Crippen LogP contribution is 2.28. The predicted octanol–water partition coefficient (Wildman–Crippen LogP) is 2.84. The van der Waals surface area contributed by atoms with E-state index in [0.717, 1.165) is 37.3 Å². The lowest BCUT2D eigenvalue weighted by molar-refractivity contribution is -0.114. The van der Waals surface area contributed by atoms with Gasteiger partial charge in [-0.1, -0.05) is 12.1 Å². The van der Waals surface area contributed by atoms with Gasteiger partial charge < -0.3 is 20.6 Å². The largest absolute Gasteiger partial charge is 0.393 e. The molecule has 132 valence electrons. The summed E-state index contributed by atoms with van der Waals surface area (Å²) in [5, 5.41) is 15.6. The fourth-order valence-electron chi connectivity index (χ4n) is 2.92. The van der Waals surface area contributed by atoms with Crippen molar-refractivity contribution in [2.75, 3.05) is 35.2 Å². The Balaban J connectivity index is 1.59. The number of nitrogens with one attached hydrogen (secondary N) is 2. The molecule has 0 saturated carbocycles. The Kier molecular flexibility index (Phi) is 5.50. The average Bonchev–Trinajstić information content (AvgIpc) is 2.63. The Morgan fingerprint density at radius 2 is 1.80 bits per heavy atom. The number of piperidine rings is 1. The van der Waals surface area contributed by atoms with Gasteiger partial charge in [-0.25, -0.2) is 4.39 Å². The van der Waals surface area contributed by atoms with E-state index >= 15 is 0 Å². The number of aliphatic hydroxyl groups is 1. The molecule has 2 aromatic rings. The number of carbonyl (C=O) groups is 1. The summed E-state index contributed by atoms with van der Waals surface area (Å²) in [6.07, 6.45) is 1.27. The molecular weight excluding hydrogens is 321 g/mol. The van der Waals surface area contributed by atoms with Crippen LogP contribution < -0.4 is 15.5 Å². The van der Waals surface area contributed by atoms with Crippen LogP contribution in [0.1, 0.15) is 12.8 Å². The van der Waals surface area contributed by atoms with Crippen LogP contribution in [0.5, 0.6) is 0 Å². The molecule has 1 aliphatic heterocycles. The van der Waals surface area contributed by atoms with Crippen LogP contribution in [-0.4, -0.2) is 36.8 Å². The third-order valence-corrected chi connectivity index (χ3v) is 4.28. The smallest absolute Gasteiger partial charge is 0.243 e. The normalized spacial score (nSPS) is 15.0. The number of halogens is 1. The van der Waals surface area contributed by atoms with E-state index in [1.54, 1.807) is 0 Å². The van der Waals surface area contributed by atoms with Gasteiger partial charge >= 0.3 is 0 Å². The fourth-order valence-corrected chi connectivity index (χ4v) is 2.92. The monoisotopic (exact) mass is 343 g/mol. The number of para-hydroxylation sites is 2. The van der Waals surface area contributed by atoms with E-state index in [1.807, 2.05) is 24.3 Å². The van der Waals surface area contributed by atoms with Gasteiger partial charge in [-0.05, 0) is 49.2 Å². The summed E-state index contributed by atoms with van der Waals surface area (Å²) in [6, 6.07) is 13.5. The van der Waals surface area contributed by atoms with Gasteiger partial charge in [0.25, 0.3) is 0 Å². The Morgan fingerprint density at radius 1 is 1.12 bits per heavy atom. The Labute approximate surface area is 146 Å². The summed E-state index contributed by atoms with van der Waals surface area (Å²) in [6.45, 7) is 1.70. The van der Waals surface area contributed by atoms with Crippen LogP contribution >= 0.6 is 0 Å². The predicted molar refractivity (Wildman–Crippen MR) is 97.4 cm³/mol. The lowest BCUT2D eigenvalue weighted by Crippen LogP contribution is -2.36. The molecule has 1 saturated heterocycles. The van der Waals surface area contributed by atoms with Crippen LogP contribution in [0.2, 0.25) is 0 Å². The van der Waals surface area contributed by atoms with Crippen molar-refractivity contribution in [3.05, 3.63) is 54.3 Å². The van der Waals surface area contributed by atoms with Crippen LogP contribution in [0, 0.1) is 5.82 Å². The standard InChI is InChI=1S/C19H22FN3O2/c20-14-5-7-15(8-6-14)22-19(25)13-21-17-3-1-2-4-18(17)23-11-9-16(24)10-12-23/h1-8,16,21,24H,9-13H2,(H,22,25). The number of anilines is 3. The Morgan fingerprint density at radius 3 is 2.52 bits per heavy atom. The Hall–Kier alpha value is -2.60. The summed E-state index contributed by atoms with van der Waals surface area (Å²) in [7, 11) is 0. The molecule has 1 fully saturated rings. The molecule has 5 nitrogen and oxygen atoms in total. The van der Waals surface area contributed by atoms with E-state index in [1.165, 1.54) is 24.3 Å². The molecule has 0 aromatic heterocycles. The summed E-state index contributed by atoms with van der Waals surface area (Å²) < 4.78 is 12.9. The molecule has 0 aliphatic carbocycles. The molecule has 1 heterocycles. The number of carbonyl (C=O) groups excluding carboxylic acids is 1.